The van der Waals surface area contributed by atoms with Gasteiger partial charge in [0.2, 0.25) is 0 Å². The van der Waals surface area contributed by atoms with Crippen molar-refractivity contribution < 1.29 is 0 Å². The predicted molar refractivity (Wildman–Crippen MR) is 88.6 cm³/mol. The first-order chi connectivity index (χ1) is 10.2. The molecule has 1 aromatic carbocycles. The molecule has 5 heteroatoms. The molecule has 1 heterocycles. The number of halogens is 2. The van der Waals surface area contributed by atoms with E-state index in [4.69, 9.17) is 28.9 Å². The van der Waals surface area contributed by atoms with Crippen LogP contribution >= 0.6 is 23.2 Å². The zero-order valence-electron chi connectivity index (χ0n) is 12.0. The van der Waals surface area contributed by atoms with Crippen LogP contribution < -0.4 is 5.73 Å². The summed E-state index contributed by atoms with van der Waals surface area (Å²) in [6.45, 7) is 4.08. The first kappa shape index (κ1) is 16.2. The van der Waals surface area contributed by atoms with Crippen LogP contribution in [0.25, 0.3) is 0 Å². The van der Waals surface area contributed by atoms with Crippen molar-refractivity contribution in [3.05, 3.63) is 63.9 Å². The van der Waals surface area contributed by atoms with E-state index in [-0.39, 0.29) is 6.04 Å². The van der Waals surface area contributed by atoms with Crippen molar-refractivity contribution in [3.8, 4) is 0 Å². The summed E-state index contributed by atoms with van der Waals surface area (Å²) in [7, 11) is 0. The van der Waals surface area contributed by atoms with E-state index in [1.54, 1.807) is 6.20 Å². The third-order valence-electron chi connectivity index (χ3n) is 3.49. The van der Waals surface area contributed by atoms with Gasteiger partial charge in [-0.3, -0.25) is 9.88 Å². The number of hydrogen-bond acceptors (Lipinski definition) is 3. The van der Waals surface area contributed by atoms with E-state index < -0.39 is 0 Å². The number of nitrogens with two attached hydrogens (primary N) is 1. The minimum atomic E-state index is -0.0294. The Bertz CT molecular complexity index is 555. The Morgan fingerprint density at radius 3 is 2.38 bits per heavy atom. The van der Waals surface area contributed by atoms with Gasteiger partial charge in [-0.2, -0.15) is 0 Å². The highest BCUT2D eigenvalue weighted by atomic mass is 35.5. The lowest BCUT2D eigenvalue weighted by molar-refractivity contribution is 0.201. The van der Waals surface area contributed by atoms with Gasteiger partial charge >= 0.3 is 0 Å². The van der Waals surface area contributed by atoms with Crippen molar-refractivity contribution in [2.45, 2.75) is 19.5 Å². The first-order valence-electron chi connectivity index (χ1n) is 6.95. The highest BCUT2D eigenvalue weighted by molar-refractivity contribution is 6.36. The van der Waals surface area contributed by atoms with Gasteiger partial charge in [-0.1, -0.05) is 42.3 Å². The van der Waals surface area contributed by atoms with Crippen LogP contribution in [0.15, 0.2) is 42.6 Å². The zero-order chi connectivity index (χ0) is 15.2. The lowest BCUT2D eigenvalue weighted by Gasteiger charge is -2.31. The van der Waals surface area contributed by atoms with Gasteiger partial charge in [0.25, 0.3) is 0 Å². The fourth-order valence-electron chi connectivity index (χ4n) is 2.42. The molecule has 3 nitrogen and oxygen atoms in total. The Morgan fingerprint density at radius 2 is 1.86 bits per heavy atom. The number of likely N-dealkylation sites (N-methyl/N-ethyl adjacent to an activating group) is 1. The van der Waals surface area contributed by atoms with Crippen LogP contribution in [0.1, 0.15) is 24.2 Å². The smallest absolute Gasteiger partial charge is 0.0544 e. The van der Waals surface area contributed by atoms with Crippen molar-refractivity contribution in [1.29, 1.82) is 0 Å². The lowest BCUT2D eigenvalue weighted by atomic mass is 10.0. The van der Waals surface area contributed by atoms with Crippen LogP contribution in [-0.4, -0.2) is 23.0 Å². The summed E-state index contributed by atoms with van der Waals surface area (Å²) in [4.78, 5) is 6.60. The molecule has 0 amide bonds. The number of hydrogen-bond donors (Lipinski definition) is 1. The Morgan fingerprint density at radius 1 is 1.14 bits per heavy atom. The van der Waals surface area contributed by atoms with Crippen molar-refractivity contribution in [2.75, 3.05) is 13.1 Å². The van der Waals surface area contributed by atoms with E-state index in [2.05, 4.69) is 16.8 Å². The highest BCUT2D eigenvalue weighted by Crippen LogP contribution is 2.33. The predicted octanol–water partition coefficient (Wildman–Crippen LogP) is 3.91. The SMILES string of the molecule is CCN(Cc1ccccn1)C(CN)c1c(Cl)cccc1Cl. The quantitative estimate of drug-likeness (QED) is 0.876. The van der Waals surface area contributed by atoms with Gasteiger partial charge in [-0.15, -0.1) is 0 Å². The molecule has 0 spiro atoms. The molecule has 1 atom stereocenters. The molecule has 2 aromatic rings. The Balaban J connectivity index is 2.29. The maximum Gasteiger partial charge on any atom is 0.0544 e. The van der Waals surface area contributed by atoms with Crippen LogP contribution in [0.5, 0.6) is 0 Å². The molecule has 0 aliphatic carbocycles. The molecule has 0 aliphatic heterocycles. The summed E-state index contributed by atoms with van der Waals surface area (Å²) in [5.74, 6) is 0. The molecule has 2 N–H and O–H groups in total. The molecule has 0 saturated carbocycles. The molecule has 0 saturated heterocycles. The minimum absolute atomic E-state index is 0.0294. The summed E-state index contributed by atoms with van der Waals surface area (Å²) in [5.41, 5.74) is 7.88. The van der Waals surface area contributed by atoms with Gasteiger partial charge < -0.3 is 5.73 Å². The number of nitrogens with zero attached hydrogens (tertiary/aromatic N) is 2. The monoisotopic (exact) mass is 323 g/mol. The Kier molecular flexibility index (Phi) is 6.00. The average Bonchev–Trinajstić information content (AvgIpc) is 2.50. The van der Waals surface area contributed by atoms with E-state index in [1.165, 1.54) is 0 Å². The fraction of sp³-hybridized carbons (Fsp3) is 0.312. The maximum absolute atomic E-state index is 6.32. The Hall–Kier alpha value is -1.13. The second-order valence-electron chi connectivity index (χ2n) is 4.77. The summed E-state index contributed by atoms with van der Waals surface area (Å²) in [6.07, 6.45) is 1.79. The first-order valence-corrected chi connectivity index (χ1v) is 7.70. The molecule has 112 valence electrons. The third-order valence-corrected chi connectivity index (χ3v) is 4.15. The molecule has 1 unspecified atom stereocenters. The van der Waals surface area contributed by atoms with Gasteiger partial charge in [0.05, 0.1) is 11.7 Å². The number of aromatic nitrogens is 1. The topological polar surface area (TPSA) is 42.2 Å². The van der Waals surface area contributed by atoms with Crippen molar-refractivity contribution in [3.63, 3.8) is 0 Å². The summed E-state index contributed by atoms with van der Waals surface area (Å²) >= 11 is 12.6. The summed E-state index contributed by atoms with van der Waals surface area (Å²) < 4.78 is 0. The molecule has 1 aromatic heterocycles. The minimum Gasteiger partial charge on any atom is -0.329 e. The second-order valence-corrected chi connectivity index (χ2v) is 5.59. The number of rotatable bonds is 6. The van der Waals surface area contributed by atoms with Gasteiger partial charge in [0.1, 0.15) is 0 Å². The average molecular weight is 324 g/mol. The summed E-state index contributed by atoms with van der Waals surface area (Å²) in [6, 6.07) is 11.4. The van der Waals surface area contributed by atoms with Gasteiger partial charge in [-0.05, 0) is 30.8 Å². The van der Waals surface area contributed by atoms with Crippen molar-refractivity contribution in [2.24, 2.45) is 5.73 Å². The highest BCUT2D eigenvalue weighted by Gasteiger charge is 2.23. The van der Waals surface area contributed by atoms with E-state index in [0.29, 0.717) is 23.1 Å². The molecular weight excluding hydrogens is 305 g/mol. The molecule has 0 aliphatic rings. The van der Waals surface area contributed by atoms with Crippen LogP contribution in [0.2, 0.25) is 10.0 Å². The van der Waals surface area contributed by atoms with E-state index in [0.717, 1.165) is 17.8 Å². The molecular formula is C16H19Cl2N3. The van der Waals surface area contributed by atoms with E-state index in [1.807, 2.05) is 36.4 Å². The van der Waals surface area contributed by atoms with Crippen molar-refractivity contribution >= 4 is 23.2 Å². The molecule has 2 rings (SSSR count). The Labute approximate surface area is 135 Å². The van der Waals surface area contributed by atoms with Crippen LogP contribution in [0.3, 0.4) is 0 Å². The summed E-state index contributed by atoms with van der Waals surface area (Å²) in [5, 5.41) is 1.30. The van der Waals surface area contributed by atoms with Gasteiger partial charge in [-0.25, -0.2) is 0 Å². The van der Waals surface area contributed by atoms with E-state index in [9.17, 15) is 0 Å². The molecule has 21 heavy (non-hydrogen) atoms. The van der Waals surface area contributed by atoms with Crippen LogP contribution in [-0.2, 0) is 6.54 Å². The van der Waals surface area contributed by atoms with Crippen LogP contribution in [0, 0.1) is 0 Å². The molecule has 0 fully saturated rings. The molecule has 0 radical (unpaired) electrons. The fourth-order valence-corrected chi connectivity index (χ4v) is 3.07. The van der Waals surface area contributed by atoms with Gasteiger partial charge in [0.15, 0.2) is 0 Å². The normalized spacial score (nSPS) is 12.6. The largest absolute Gasteiger partial charge is 0.329 e. The van der Waals surface area contributed by atoms with Gasteiger partial charge in [0, 0.05) is 34.9 Å². The van der Waals surface area contributed by atoms with Crippen LogP contribution in [0.4, 0.5) is 0 Å². The molecule has 0 bridgehead atoms. The zero-order valence-corrected chi connectivity index (χ0v) is 13.5. The van der Waals surface area contributed by atoms with Crippen molar-refractivity contribution in [1.82, 2.24) is 9.88 Å². The number of pyridine rings is 1. The number of benzene rings is 1. The maximum atomic E-state index is 6.32. The third kappa shape index (κ3) is 3.95. The second kappa shape index (κ2) is 7.76. The lowest BCUT2D eigenvalue weighted by Crippen LogP contribution is -2.34. The standard InChI is InChI=1S/C16H19Cl2N3/c1-2-21(11-12-6-3-4-9-20-12)15(10-19)16-13(17)7-5-8-14(16)18/h3-9,15H,2,10-11,19H2,1H3. The van der Waals surface area contributed by atoms with E-state index >= 15 is 0 Å².